The van der Waals surface area contributed by atoms with E-state index in [0.717, 1.165) is 35.1 Å². The highest BCUT2D eigenvalue weighted by molar-refractivity contribution is 5.92. The van der Waals surface area contributed by atoms with Gasteiger partial charge in [-0.2, -0.15) is 15.3 Å². The van der Waals surface area contributed by atoms with Crippen LogP contribution in [0.15, 0.2) is 146 Å². The summed E-state index contributed by atoms with van der Waals surface area (Å²) in [5, 5.41) is 26.2. The maximum absolute atomic E-state index is 13.2. The zero-order valence-corrected chi connectivity index (χ0v) is 42.4. The van der Waals surface area contributed by atoms with Crippen molar-refractivity contribution in [2.45, 2.75) is 59.8 Å². The van der Waals surface area contributed by atoms with Crippen molar-refractivity contribution in [1.82, 2.24) is 9.97 Å². The van der Waals surface area contributed by atoms with Crippen LogP contribution in [0, 0.1) is 5.41 Å². The maximum Gasteiger partial charge on any atom is 0.349 e. The molecule has 0 unspecified atom stereocenters. The Labute approximate surface area is 441 Å². The Morgan fingerprint density at radius 2 is 1.17 bits per heavy atom. The average molecular weight is 1040 g/mol. The minimum atomic E-state index is -0.981. The monoisotopic (exact) mass is 1040 g/mol. The predicted octanol–water partition coefficient (Wildman–Crippen LogP) is 10.4. The van der Waals surface area contributed by atoms with Crippen LogP contribution in [0.1, 0.15) is 68.4 Å². The second-order valence-corrected chi connectivity index (χ2v) is 18.4. The number of benzene rings is 4. The summed E-state index contributed by atoms with van der Waals surface area (Å²) in [7, 11) is 0. The SMILES string of the molecule is CCCC(=O)Oc1cc(/N=N/c2ccccc2)c(N[n+]2c(N)c(/N=N/c3cccc(-c4cccc(/N=N/c5cc(OC(=O)c6ccc7c(c6)CCC7)c(N)nc5N)c4)c3)cc(OC(=O)COC(=O)C(C)(C)C)c2N)nc1N. The van der Waals surface area contributed by atoms with Gasteiger partial charge in [0.05, 0.1) is 28.0 Å². The van der Waals surface area contributed by atoms with Gasteiger partial charge in [-0.05, 0) is 117 Å². The number of ether oxygens (including phenoxy) is 4. The molecule has 11 N–H and O–H groups in total. The van der Waals surface area contributed by atoms with Crippen LogP contribution < -0.4 is 53.0 Å². The Bertz CT molecular complexity index is 3510. The summed E-state index contributed by atoms with van der Waals surface area (Å²) >= 11 is 0. The van der Waals surface area contributed by atoms with E-state index in [1.165, 1.54) is 23.8 Å². The third-order valence-corrected chi connectivity index (χ3v) is 11.5. The van der Waals surface area contributed by atoms with Crippen LogP contribution in [-0.4, -0.2) is 40.5 Å². The smallest absolute Gasteiger partial charge is 0.349 e. The quantitative estimate of drug-likeness (QED) is 0.0280. The van der Waals surface area contributed by atoms with Gasteiger partial charge in [-0.25, -0.2) is 25.0 Å². The van der Waals surface area contributed by atoms with Gasteiger partial charge in [0.25, 0.3) is 11.6 Å². The number of nitrogen functional groups attached to an aromatic ring is 5. The van der Waals surface area contributed by atoms with E-state index in [-0.39, 0.29) is 75.6 Å². The molecule has 23 heteroatoms. The molecule has 0 saturated heterocycles. The number of carbonyl (C=O) groups is 4. The molecule has 3 aromatic heterocycles. The fraction of sp³-hybridized carbons (Fsp3) is 0.204. The van der Waals surface area contributed by atoms with E-state index in [9.17, 15) is 19.2 Å². The van der Waals surface area contributed by atoms with Crippen molar-refractivity contribution >= 4 is 92.9 Å². The van der Waals surface area contributed by atoms with E-state index in [4.69, 9.17) is 47.6 Å². The normalized spacial score (nSPS) is 12.2. The average Bonchev–Trinajstić information content (AvgIpc) is 3.89. The van der Waals surface area contributed by atoms with Crippen molar-refractivity contribution in [2.75, 3.05) is 40.7 Å². The van der Waals surface area contributed by atoms with Gasteiger partial charge in [0.1, 0.15) is 11.4 Å². The number of hydrogen-bond acceptors (Lipinski definition) is 22. The van der Waals surface area contributed by atoms with Crippen molar-refractivity contribution in [3.63, 3.8) is 0 Å². The van der Waals surface area contributed by atoms with Crippen LogP contribution in [0.2, 0.25) is 0 Å². The lowest BCUT2D eigenvalue weighted by molar-refractivity contribution is -0.612. The van der Waals surface area contributed by atoms with E-state index >= 15 is 0 Å². The van der Waals surface area contributed by atoms with Gasteiger partial charge in [-0.15, -0.1) is 20.0 Å². The highest BCUT2D eigenvalue weighted by Crippen LogP contribution is 2.37. The Hall–Kier alpha value is -10.2. The molecule has 3 heterocycles. The Balaban J connectivity index is 1.08. The first-order valence-corrected chi connectivity index (χ1v) is 24.1. The Kier molecular flexibility index (Phi) is 16.1. The molecule has 0 saturated carbocycles. The molecule has 0 amide bonds. The molecule has 0 fully saturated rings. The molecule has 1 aliphatic rings. The molecule has 0 aliphatic heterocycles. The first-order chi connectivity index (χ1) is 36.9. The Morgan fingerprint density at radius 3 is 1.86 bits per heavy atom. The number of azo groups is 3. The van der Waals surface area contributed by atoms with Gasteiger partial charge in [0, 0.05) is 24.6 Å². The summed E-state index contributed by atoms with van der Waals surface area (Å²) in [6, 6.07) is 32.5. The summed E-state index contributed by atoms with van der Waals surface area (Å²) in [5.41, 5.74) is 39.5. The lowest BCUT2D eigenvalue weighted by Gasteiger charge is -2.17. The largest absolute Gasteiger partial charge is 0.453 e. The van der Waals surface area contributed by atoms with Crippen LogP contribution in [-0.2, 0) is 32.0 Å². The highest BCUT2D eigenvalue weighted by Gasteiger charge is 2.28. The van der Waals surface area contributed by atoms with Crippen molar-refractivity contribution in [2.24, 2.45) is 36.1 Å². The van der Waals surface area contributed by atoms with Crippen molar-refractivity contribution in [3.05, 3.63) is 132 Å². The number of nitrogens with zero attached hydrogens (tertiary/aromatic N) is 9. The molecule has 77 heavy (non-hydrogen) atoms. The van der Waals surface area contributed by atoms with E-state index in [1.54, 1.807) is 87.5 Å². The standard InChI is InChI=1S/C54H53N15O8/c1-5-12-44(70)75-41-28-40(67-62-35-17-7-6-8-18-35)51(61-48(41)57)68-69-49(58)39(27-43(50(69)59)76-45(71)29-74-53(73)54(2,3)4)66-64-37-20-11-16-33(25-37)32-15-10-19-36(24-32)63-65-38-26-42(47(56)60-46(38)55)77-52(72)34-22-21-30-13-9-14-31(30)23-34/h6-8,10-11,15-28H,5,9,12-14,29H2,1-4H3,(H10,55,56,57,58,59,60,61,62,63,64,68)/p+1. The van der Waals surface area contributed by atoms with E-state index in [2.05, 4.69) is 46.1 Å². The fourth-order valence-corrected chi connectivity index (χ4v) is 7.48. The van der Waals surface area contributed by atoms with Crippen molar-refractivity contribution in [3.8, 4) is 28.4 Å². The van der Waals surface area contributed by atoms with E-state index in [1.807, 2.05) is 37.3 Å². The van der Waals surface area contributed by atoms with Crippen LogP contribution in [0.4, 0.5) is 69.0 Å². The number of aryl methyl sites for hydroxylation is 2. The summed E-state index contributed by atoms with van der Waals surface area (Å²) in [6.07, 6.45) is 3.56. The zero-order valence-electron chi connectivity index (χ0n) is 42.4. The van der Waals surface area contributed by atoms with Gasteiger partial charge < -0.3 is 47.6 Å². The van der Waals surface area contributed by atoms with Crippen LogP contribution in [0.3, 0.4) is 0 Å². The van der Waals surface area contributed by atoms with Gasteiger partial charge >= 0.3 is 23.9 Å². The number of fused-ring (bicyclic) bond motifs is 1. The number of rotatable bonds is 17. The minimum absolute atomic E-state index is 0.0163. The number of aromatic nitrogens is 3. The lowest BCUT2D eigenvalue weighted by atomic mass is 9.97. The molecule has 0 radical (unpaired) electrons. The molecule has 1 aliphatic carbocycles. The number of carbonyl (C=O) groups excluding carboxylic acids is 4. The van der Waals surface area contributed by atoms with E-state index < -0.39 is 35.9 Å². The number of anilines is 6. The third kappa shape index (κ3) is 13.3. The van der Waals surface area contributed by atoms with Crippen molar-refractivity contribution < 1.29 is 42.8 Å². The van der Waals surface area contributed by atoms with E-state index in [0.29, 0.717) is 34.6 Å². The topological polar surface area (TPSA) is 351 Å². The van der Waals surface area contributed by atoms with Gasteiger partial charge in [-0.1, -0.05) is 55.5 Å². The number of hydrogen-bond donors (Lipinski definition) is 6. The molecule has 7 aromatic rings. The summed E-state index contributed by atoms with van der Waals surface area (Å²) in [4.78, 5) is 59.9. The molecule has 0 bridgehead atoms. The first-order valence-electron chi connectivity index (χ1n) is 24.1. The van der Waals surface area contributed by atoms with Gasteiger partial charge in [0.2, 0.25) is 5.75 Å². The predicted molar refractivity (Wildman–Crippen MR) is 287 cm³/mol. The zero-order chi connectivity index (χ0) is 54.8. The molecule has 4 aromatic carbocycles. The summed E-state index contributed by atoms with van der Waals surface area (Å²) < 4.78 is 23.0. The molecular formula is C54H54N15O8+. The molecule has 392 valence electrons. The maximum atomic E-state index is 13.2. The molecule has 8 rings (SSSR count). The fourth-order valence-electron chi connectivity index (χ4n) is 7.48. The minimum Gasteiger partial charge on any atom is -0.453 e. The number of esters is 4. The molecule has 23 nitrogen and oxygen atoms in total. The van der Waals surface area contributed by atoms with Gasteiger partial charge in [0.15, 0.2) is 47.1 Å². The summed E-state index contributed by atoms with van der Waals surface area (Å²) in [6.45, 7) is 5.97. The lowest BCUT2D eigenvalue weighted by Crippen LogP contribution is -2.48. The first kappa shape index (κ1) is 53.1. The van der Waals surface area contributed by atoms with Crippen LogP contribution >= 0.6 is 0 Å². The van der Waals surface area contributed by atoms with Crippen LogP contribution in [0.5, 0.6) is 17.2 Å². The third-order valence-electron chi connectivity index (χ3n) is 11.5. The van der Waals surface area contributed by atoms with Crippen LogP contribution in [0.25, 0.3) is 11.1 Å². The Morgan fingerprint density at radius 1 is 0.584 bits per heavy atom. The summed E-state index contributed by atoms with van der Waals surface area (Å²) in [5.74, 6) is -3.95. The van der Waals surface area contributed by atoms with Crippen molar-refractivity contribution in [1.29, 1.82) is 0 Å². The number of nitrogens with two attached hydrogens (primary N) is 5. The highest BCUT2D eigenvalue weighted by atomic mass is 16.6. The number of nitrogens with one attached hydrogen (secondary N) is 1. The molecule has 0 atom stereocenters. The molecule has 0 spiro atoms. The number of pyridine rings is 3. The second kappa shape index (κ2) is 23.3. The molecular weight excluding hydrogens is 987 g/mol. The van der Waals surface area contributed by atoms with Gasteiger partial charge in [-0.3, -0.25) is 9.59 Å². The second-order valence-electron chi connectivity index (χ2n) is 18.4.